The Morgan fingerprint density at radius 2 is 2.00 bits per heavy atom. The number of nitrogens with one attached hydrogen (secondary N) is 1. The number of nitrogens with two attached hydrogens (primary N) is 1. The summed E-state index contributed by atoms with van der Waals surface area (Å²) in [5.41, 5.74) is 4.87. The summed E-state index contributed by atoms with van der Waals surface area (Å²) < 4.78 is 52.7. The van der Waals surface area contributed by atoms with Gasteiger partial charge in [0.25, 0.3) is 0 Å². The molecule has 0 radical (unpaired) electrons. The van der Waals surface area contributed by atoms with Gasteiger partial charge in [0.2, 0.25) is 10.0 Å². The Morgan fingerprint density at radius 1 is 1.35 bits per heavy atom. The minimum absolute atomic E-state index is 0.159. The van der Waals surface area contributed by atoms with Crippen LogP contribution in [0.5, 0.6) is 0 Å². The summed E-state index contributed by atoms with van der Waals surface area (Å²) >= 11 is 0. The van der Waals surface area contributed by atoms with Gasteiger partial charge in [0.1, 0.15) is 16.5 Å². The van der Waals surface area contributed by atoms with Crippen molar-refractivity contribution < 1.29 is 17.2 Å². The fourth-order valence-electron chi connectivity index (χ4n) is 1.88. The molecule has 0 aromatic heterocycles. The molecule has 0 unspecified atom stereocenters. The number of nitrogens with zero attached hydrogens (tertiary/aromatic N) is 1. The summed E-state index contributed by atoms with van der Waals surface area (Å²) in [6.45, 7) is 0.689. The molecule has 1 aliphatic rings. The Bertz CT molecular complexity index is 603. The van der Waals surface area contributed by atoms with Gasteiger partial charge in [-0.1, -0.05) is 0 Å². The van der Waals surface area contributed by atoms with E-state index in [4.69, 9.17) is 5.73 Å². The number of rotatable bonds is 6. The Hall–Kier alpha value is -1.25. The first-order chi connectivity index (χ1) is 9.31. The Balaban J connectivity index is 2.04. The first-order valence-electron chi connectivity index (χ1n) is 6.25. The highest BCUT2D eigenvalue weighted by Gasteiger charge is 2.26. The van der Waals surface area contributed by atoms with Crippen molar-refractivity contribution in [3.63, 3.8) is 0 Å². The fourth-order valence-corrected chi connectivity index (χ4v) is 3.00. The van der Waals surface area contributed by atoms with E-state index in [0.717, 1.165) is 18.9 Å². The highest BCUT2D eigenvalue weighted by molar-refractivity contribution is 7.89. The smallest absolute Gasteiger partial charge is 0.243 e. The number of halogens is 2. The molecule has 5 nitrogen and oxygen atoms in total. The molecule has 112 valence electrons. The van der Waals surface area contributed by atoms with Crippen molar-refractivity contribution in [1.29, 1.82) is 0 Å². The van der Waals surface area contributed by atoms with Crippen LogP contribution >= 0.6 is 0 Å². The Morgan fingerprint density at radius 3 is 2.60 bits per heavy atom. The molecule has 0 atom stereocenters. The lowest BCUT2D eigenvalue weighted by Crippen LogP contribution is -2.34. The number of hydrogen-bond donors (Lipinski definition) is 2. The molecule has 0 amide bonds. The average molecular weight is 305 g/mol. The van der Waals surface area contributed by atoms with E-state index in [0.29, 0.717) is 18.7 Å². The molecule has 0 spiro atoms. The molecule has 0 saturated heterocycles. The molecule has 1 aromatic carbocycles. The van der Waals surface area contributed by atoms with E-state index in [1.54, 1.807) is 0 Å². The maximum atomic E-state index is 13.5. The van der Waals surface area contributed by atoms with Crippen LogP contribution in [0.4, 0.5) is 14.5 Å². The Kier molecular flexibility index (Phi) is 4.26. The largest absolute Gasteiger partial charge is 0.396 e. The van der Waals surface area contributed by atoms with Crippen LogP contribution in [0.15, 0.2) is 17.0 Å². The lowest BCUT2D eigenvalue weighted by Gasteiger charge is -2.16. The van der Waals surface area contributed by atoms with E-state index in [-0.39, 0.29) is 6.54 Å². The van der Waals surface area contributed by atoms with Gasteiger partial charge in [-0.05, 0) is 26.0 Å². The van der Waals surface area contributed by atoms with Gasteiger partial charge >= 0.3 is 0 Å². The third-order valence-corrected chi connectivity index (χ3v) is 4.74. The monoisotopic (exact) mass is 305 g/mol. The first-order valence-corrected chi connectivity index (χ1v) is 7.74. The van der Waals surface area contributed by atoms with Gasteiger partial charge in [-0.2, -0.15) is 0 Å². The number of nitrogen functional groups attached to an aromatic ring is 1. The van der Waals surface area contributed by atoms with Crippen LogP contribution in [0.25, 0.3) is 0 Å². The average Bonchev–Trinajstić information content (AvgIpc) is 3.17. The van der Waals surface area contributed by atoms with Crippen molar-refractivity contribution in [2.45, 2.75) is 23.8 Å². The zero-order chi connectivity index (χ0) is 14.9. The number of likely N-dealkylation sites (N-methyl/N-ethyl adjacent to an activating group) is 1. The quantitative estimate of drug-likeness (QED) is 0.766. The lowest BCUT2D eigenvalue weighted by molar-refractivity contribution is 0.329. The molecular weight excluding hydrogens is 288 g/mol. The molecule has 0 heterocycles. The number of benzene rings is 1. The van der Waals surface area contributed by atoms with Gasteiger partial charge in [0.15, 0.2) is 0 Å². The minimum atomic E-state index is -4.03. The zero-order valence-electron chi connectivity index (χ0n) is 11.1. The summed E-state index contributed by atoms with van der Waals surface area (Å²) in [7, 11) is -2.12. The standard InChI is InChI=1S/C12H17F2N3O2S/c1-17(8-2-3-8)5-4-16-20(18,19)12-7-11(15)9(13)6-10(12)14/h6-8,16H,2-5,15H2,1H3. The molecule has 8 heteroatoms. The van der Waals surface area contributed by atoms with Crippen LogP contribution in [0.3, 0.4) is 0 Å². The summed E-state index contributed by atoms with van der Waals surface area (Å²) in [5.74, 6) is -2.13. The normalized spacial score (nSPS) is 15.8. The number of anilines is 1. The van der Waals surface area contributed by atoms with Crippen molar-refractivity contribution in [1.82, 2.24) is 9.62 Å². The van der Waals surface area contributed by atoms with E-state index in [1.165, 1.54) is 0 Å². The molecule has 1 aliphatic carbocycles. The van der Waals surface area contributed by atoms with E-state index < -0.39 is 32.2 Å². The molecule has 0 bridgehead atoms. The molecule has 2 rings (SSSR count). The summed E-state index contributed by atoms with van der Waals surface area (Å²) in [6.07, 6.45) is 2.23. The topological polar surface area (TPSA) is 75.4 Å². The maximum absolute atomic E-state index is 13.5. The van der Waals surface area contributed by atoms with Crippen LogP contribution in [0, 0.1) is 11.6 Å². The zero-order valence-corrected chi connectivity index (χ0v) is 11.9. The molecular formula is C12H17F2N3O2S. The van der Waals surface area contributed by atoms with Gasteiger partial charge in [-0.3, -0.25) is 0 Å². The second kappa shape index (κ2) is 5.63. The minimum Gasteiger partial charge on any atom is -0.396 e. The molecule has 20 heavy (non-hydrogen) atoms. The first kappa shape index (κ1) is 15.1. The van der Waals surface area contributed by atoms with Gasteiger partial charge in [0, 0.05) is 25.2 Å². The van der Waals surface area contributed by atoms with E-state index in [9.17, 15) is 17.2 Å². The second-order valence-electron chi connectivity index (χ2n) is 4.91. The SMILES string of the molecule is CN(CCNS(=O)(=O)c1cc(N)c(F)cc1F)C1CC1. The Labute approximate surface area is 116 Å². The predicted octanol–water partition coefficient (Wildman–Crippen LogP) is 0.919. The third kappa shape index (κ3) is 3.44. The van der Waals surface area contributed by atoms with Gasteiger partial charge in [-0.15, -0.1) is 0 Å². The van der Waals surface area contributed by atoms with Crippen LogP contribution in [-0.4, -0.2) is 39.5 Å². The summed E-state index contributed by atoms with van der Waals surface area (Å²) in [5, 5.41) is 0. The molecule has 1 aromatic rings. The molecule has 1 saturated carbocycles. The van der Waals surface area contributed by atoms with Crippen molar-refractivity contribution >= 4 is 15.7 Å². The highest BCUT2D eigenvalue weighted by atomic mass is 32.2. The molecule has 3 N–H and O–H groups in total. The van der Waals surface area contributed by atoms with E-state index in [1.807, 2.05) is 11.9 Å². The molecule has 1 fully saturated rings. The maximum Gasteiger partial charge on any atom is 0.243 e. The number of sulfonamides is 1. The predicted molar refractivity (Wildman–Crippen MR) is 71.6 cm³/mol. The third-order valence-electron chi connectivity index (χ3n) is 3.27. The van der Waals surface area contributed by atoms with Gasteiger partial charge < -0.3 is 10.6 Å². The van der Waals surface area contributed by atoms with Crippen LogP contribution in [-0.2, 0) is 10.0 Å². The summed E-state index contributed by atoms with van der Waals surface area (Å²) in [4.78, 5) is 1.41. The molecule has 0 aliphatic heterocycles. The van der Waals surface area contributed by atoms with Crippen LogP contribution in [0.1, 0.15) is 12.8 Å². The fraction of sp³-hybridized carbons (Fsp3) is 0.500. The number of hydrogen-bond acceptors (Lipinski definition) is 4. The van der Waals surface area contributed by atoms with E-state index in [2.05, 4.69) is 4.72 Å². The van der Waals surface area contributed by atoms with Crippen LogP contribution in [0.2, 0.25) is 0 Å². The van der Waals surface area contributed by atoms with E-state index >= 15 is 0 Å². The van der Waals surface area contributed by atoms with Crippen molar-refractivity contribution in [2.24, 2.45) is 0 Å². The van der Waals surface area contributed by atoms with Crippen molar-refractivity contribution in [2.75, 3.05) is 25.9 Å². The lowest BCUT2D eigenvalue weighted by atomic mass is 10.3. The van der Waals surface area contributed by atoms with Crippen LogP contribution < -0.4 is 10.5 Å². The highest BCUT2D eigenvalue weighted by Crippen LogP contribution is 2.25. The van der Waals surface area contributed by atoms with Gasteiger partial charge in [0.05, 0.1) is 5.69 Å². The van der Waals surface area contributed by atoms with Crippen molar-refractivity contribution in [3.8, 4) is 0 Å². The van der Waals surface area contributed by atoms with Gasteiger partial charge in [-0.25, -0.2) is 21.9 Å². The van der Waals surface area contributed by atoms with Crippen molar-refractivity contribution in [3.05, 3.63) is 23.8 Å². The summed E-state index contributed by atoms with van der Waals surface area (Å²) in [6, 6.07) is 1.77. The second-order valence-corrected chi connectivity index (χ2v) is 6.65.